The van der Waals surface area contributed by atoms with E-state index in [4.69, 9.17) is 4.74 Å². The zero-order valence-electron chi connectivity index (χ0n) is 14.8. The lowest BCUT2D eigenvalue weighted by Gasteiger charge is -2.16. The highest BCUT2D eigenvalue weighted by atomic mass is 32.2. The van der Waals surface area contributed by atoms with Gasteiger partial charge in [0.15, 0.2) is 11.6 Å². The van der Waals surface area contributed by atoms with E-state index in [-0.39, 0.29) is 29.7 Å². The van der Waals surface area contributed by atoms with Gasteiger partial charge in [0, 0.05) is 25.7 Å². The summed E-state index contributed by atoms with van der Waals surface area (Å²) < 4.78 is 46.3. The summed E-state index contributed by atoms with van der Waals surface area (Å²) in [4.78, 5) is 17.4. The van der Waals surface area contributed by atoms with Gasteiger partial charge in [0.2, 0.25) is 15.9 Å². The number of nitrogens with one attached hydrogen (secondary N) is 1. The number of rotatable bonds is 7. The highest BCUT2D eigenvalue weighted by Gasteiger charge is 2.22. The molecule has 9 heteroatoms. The Hall–Kier alpha value is -2.52. The van der Waals surface area contributed by atoms with Crippen molar-refractivity contribution in [3.05, 3.63) is 48.0 Å². The van der Waals surface area contributed by atoms with Gasteiger partial charge in [-0.3, -0.25) is 9.78 Å². The van der Waals surface area contributed by atoms with Gasteiger partial charge in [-0.15, -0.1) is 0 Å². The van der Waals surface area contributed by atoms with E-state index < -0.39 is 15.8 Å². The van der Waals surface area contributed by atoms with Crippen LogP contribution in [0, 0.1) is 5.82 Å². The van der Waals surface area contributed by atoms with Gasteiger partial charge in [0.1, 0.15) is 0 Å². The molecule has 0 spiro atoms. The maximum Gasteiger partial charge on any atom is 0.240 e. The molecule has 7 nitrogen and oxygen atoms in total. The van der Waals surface area contributed by atoms with Crippen LogP contribution in [0.4, 0.5) is 10.1 Å². The molecule has 1 N–H and O–H groups in total. The van der Waals surface area contributed by atoms with E-state index in [1.165, 1.54) is 18.3 Å². The normalized spacial score (nSPS) is 14.6. The second kappa shape index (κ2) is 8.01. The van der Waals surface area contributed by atoms with E-state index in [0.717, 1.165) is 12.5 Å². The SMILES string of the molecule is CCOc1ccc(S(=O)(=O)NCc2cncc(N3CCCC3=O)c2)cc1F. The largest absolute Gasteiger partial charge is 0.491 e. The number of aromatic nitrogens is 1. The minimum Gasteiger partial charge on any atom is -0.491 e. The van der Waals surface area contributed by atoms with Crippen LogP contribution < -0.4 is 14.4 Å². The standard InChI is InChI=1S/C18H20FN3O4S/c1-2-26-17-6-5-15(9-16(17)19)27(24,25)21-11-13-8-14(12-20-10-13)22-7-3-4-18(22)23/h5-6,8-10,12,21H,2-4,7,11H2,1H3. The summed E-state index contributed by atoms with van der Waals surface area (Å²) in [6.45, 7) is 2.59. The molecule has 1 fully saturated rings. The number of sulfonamides is 1. The van der Waals surface area contributed by atoms with Crippen LogP contribution in [0.5, 0.6) is 5.75 Å². The maximum atomic E-state index is 13.9. The highest BCUT2D eigenvalue weighted by molar-refractivity contribution is 7.89. The molecule has 0 bridgehead atoms. The first-order valence-corrected chi connectivity index (χ1v) is 10.1. The van der Waals surface area contributed by atoms with Gasteiger partial charge >= 0.3 is 0 Å². The molecule has 0 radical (unpaired) electrons. The summed E-state index contributed by atoms with van der Waals surface area (Å²) in [5.41, 5.74) is 1.24. The molecule has 0 aliphatic carbocycles. The predicted molar refractivity (Wildman–Crippen MR) is 97.4 cm³/mol. The molecule has 1 aliphatic heterocycles. The van der Waals surface area contributed by atoms with Crippen LogP contribution in [0.1, 0.15) is 25.3 Å². The number of pyridine rings is 1. The number of halogens is 1. The van der Waals surface area contributed by atoms with Gasteiger partial charge in [-0.1, -0.05) is 0 Å². The van der Waals surface area contributed by atoms with Crippen molar-refractivity contribution in [2.75, 3.05) is 18.1 Å². The second-order valence-electron chi connectivity index (χ2n) is 6.05. The molecule has 1 amide bonds. The van der Waals surface area contributed by atoms with E-state index in [1.807, 2.05) is 0 Å². The van der Waals surface area contributed by atoms with Gasteiger partial charge in [-0.2, -0.15) is 0 Å². The monoisotopic (exact) mass is 393 g/mol. The minimum absolute atomic E-state index is 0.00336. The number of nitrogens with zero attached hydrogens (tertiary/aromatic N) is 2. The third kappa shape index (κ3) is 4.42. The summed E-state index contributed by atoms with van der Waals surface area (Å²) in [6.07, 6.45) is 4.38. The first-order valence-electron chi connectivity index (χ1n) is 8.57. The number of amides is 1. The molecule has 1 aromatic carbocycles. The Labute approximate surface area is 157 Å². The predicted octanol–water partition coefficient (Wildman–Crippen LogP) is 2.22. The van der Waals surface area contributed by atoms with Crippen LogP contribution in [-0.2, 0) is 21.4 Å². The lowest BCUT2D eigenvalue weighted by molar-refractivity contribution is -0.117. The van der Waals surface area contributed by atoms with Gasteiger partial charge in [-0.25, -0.2) is 17.5 Å². The van der Waals surface area contributed by atoms with Crippen LogP contribution in [-0.4, -0.2) is 32.5 Å². The van der Waals surface area contributed by atoms with Crippen molar-refractivity contribution in [3.63, 3.8) is 0 Å². The van der Waals surface area contributed by atoms with Crippen LogP contribution in [0.15, 0.2) is 41.6 Å². The van der Waals surface area contributed by atoms with Crippen molar-refractivity contribution in [3.8, 4) is 5.75 Å². The third-order valence-corrected chi connectivity index (χ3v) is 5.54. The number of hydrogen-bond acceptors (Lipinski definition) is 5. The van der Waals surface area contributed by atoms with E-state index >= 15 is 0 Å². The molecular formula is C18H20FN3O4S. The molecule has 1 aromatic heterocycles. The third-order valence-electron chi connectivity index (χ3n) is 4.15. The average Bonchev–Trinajstić information content (AvgIpc) is 3.08. The number of benzene rings is 1. The quantitative estimate of drug-likeness (QED) is 0.779. The summed E-state index contributed by atoms with van der Waals surface area (Å²) in [5, 5.41) is 0. The lowest BCUT2D eigenvalue weighted by atomic mass is 10.2. The van der Waals surface area contributed by atoms with Crippen molar-refractivity contribution < 1.29 is 22.3 Å². The number of anilines is 1. The average molecular weight is 393 g/mol. The number of carbonyl (C=O) groups is 1. The molecule has 0 atom stereocenters. The van der Waals surface area contributed by atoms with Gasteiger partial charge in [0.25, 0.3) is 0 Å². The Morgan fingerprint density at radius 3 is 2.78 bits per heavy atom. The molecule has 0 unspecified atom stereocenters. The molecule has 2 aromatic rings. The van der Waals surface area contributed by atoms with Gasteiger partial charge in [0.05, 0.1) is 23.4 Å². The fraction of sp³-hybridized carbons (Fsp3) is 0.333. The summed E-state index contributed by atoms with van der Waals surface area (Å²) >= 11 is 0. The Kier molecular flexibility index (Phi) is 5.71. The zero-order valence-corrected chi connectivity index (χ0v) is 15.6. The maximum absolute atomic E-state index is 13.9. The Bertz CT molecular complexity index is 949. The smallest absolute Gasteiger partial charge is 0.240 e. The molecule has 144 valence electrons. The summed E-state index contributed by atoms with van der Waals surface area (Å²) in [6, 6.07) is 5.21. The Morgan fingerprint density at radius 1 is 1.30 bits per heavy atom. The topological polar surface area (TPSA) is 88.6 Å². The Morgan fingerprint density at radius 2 is 2.11 bits per heavy atom. The fourth-order valence-electron chi connectivity index (χ4n) is 2.82. The highest BCUT2D eigenvalue weighted by Crippen LogP contribution is 2.23. The van der Waals surface area contributed by atoms with Crippen molar-refractivity contribution in [2.24, 2.45) is 0 Å². The Balaban J connectivity index is 1.72. The van der Waals surface area contributed by atoms with Crippen LogP contribution in [0.2, 0.25) is 0 Å². The number of ether oxygens (including phenoxy) is 1. The minimum atomic E-state index is -3.91. The van der Waals surface area contributed by atoms with Gasteiger partial charge < -0.3 is 9.64 Å². The van der Waals surface area contributed by atoms with Crippen molar-refractivity contribution >= 4 is 21.6 Å². The summed E-state index contributed by atoms with van der Waals surface area (Å²) in [7, 11) is -3.91. The van der Waals surface area contributed by atoms with E-state index in [1.54, 1.807) is 24.1 Å². The van der Waals surface area contributed by atoms with Crippen LogP contribution in [0.3, 0.4) is 0 Å². The van der Waals surface area contributed by atoms with Gasteiger partial charge in [-0.05, 0) is 43.2 Å². The van der Waals surface area contributed by atoms with Crippen LogP contribution >= 0.6 is 0 Å². The van der Waals surface area contributed by atoms with Crippen LogP contribution in [0.25, 0.3) is 0 Å². The molecule has 2 heterocycles. The van der Waals surface area contributed by atoms with E-state index in [9.17, 15) is 17.6 Å². The fourth-order valence-corrected chi connectivity index (χ4v) is 3.85. The molecule has 27 heavy (non-hydrogen) atoms. The molecule has 1 saturated heterocycles. The molecule has 3 rings (SSSR count). The lowest BCUT2D eigenvalue weighted by Crippen LogP contribution is -2.25. The van der Waals surface area contributed by atoms with Crippen molar-refractivity contribution in [1.82, 2.24) is 9.71 Å². The first kappa shape index (κ1) is 19.2. The van der Waals surface area contributed by atoms with E-state index in [2.05, 4.69) is 9.71 Å². The summed E-state index contributed by atoms with van der Waals surface area (Å²) in [5.74, 6) is -0.709. The molecule has 0 saturated carbocycles. The molecular weight excluding hydrogens is 373 g/mol. The first-order chi connectivity index (χ1) is 12.9. The van der Waals surface area contributed by atoms with E-state index in [0.29, 0.717) is 24.2 Å². The van der Waals surface area contributed by atoms with Crippen molar-refractivity contribution in [1.29, 1.82) is 0 Å². The number of carbonyl (C=O) groups excluding carboxylic acids is 1. The zero-order chi connectivity index (χ0) is 19.4. The second-order valence-corrected chi connectivity index (χ2v) is 7.82. The van der Waals surface area contributed by atoms with Crippen molar-refractivity contribution in [2.45, 2.75) is 31.2 Å². The molecule has 1 aliphatic rings. The number of hydrogen-bond donors (Lipinski definition) is 1.